The molecule has 0 amide bonds. The van der Waals surface area contributed by atoms with Crippen LogP contribution in [0.5, 0.6) is 0 Å². The van der Waals surface area contributed by atoms with Gasteiger partial charge in [0.25, 0.3) is 5.56 Å². The molecule has 0 spiro atoms. The highest BCUT2D eigenvalue weighted by atomic mass is 35.5. The predicted molar refractivity (Wildman–Crippen MR) is 124 cm³/mol. The summed E-state index contributed by atoms with van der Waals surface area (Å²) >= 11 is 6.22. The lowest BCUT2D eigenvalue weighted by molar-refractivity contribution is 0.221. The Bertz CT molecular complexity index is 1070. The molecule has 3 aromatic rings. The summed E-state index contributed by atoms with van der Waals surface area (Å²) in [4.78, 5) is 12.6. The number of nitrogens with two attached hydrogens (primary N) is 1. The van der Waals surface area contributed by atoms with Crippen LogP contribution in [0.2, 0.25) is 5.02 Å². The third-order valence-electron chi connectivity index (χ3n) is 6.18. The highest BCUT2D eigenvalue weighted by Gasteiger charge is 2.37. The molecular formula is C22H28Cl2N6O. The van der Waals surface area contributed by atoms with Crippen molar-refractivity contribution in [3.05, 3.63) is 69.2 Å². The molecule has 31 heavy (non-hydrogen) atoms. The molecule has 1 aliphatic carbocycles. The Morgan fingerprint density at radius 1 is 1.23 bits per heavy atom. The molecule has 166 valence electrons. The Balaban J connectivity index is 0.00000272. The molecule has 4 rings (SSSR count). The maximum absolute atomic E-state index is 12.6. The lowest BCUT2D eigenvalue weighted by atomic mass is 9.68. The van der Waals surface area contributed by atoms with E-state index in [2.05, 4.69) is 28.4 Å². The molecular weight excluding hydrogens is 435 g/mol. The summed E-state index contributed by atoms with van der Waals surface area (Å²) in [5.74, 6) is 0.606. The van der Waals surface area contributed by atoms with Crippen LogP contribution in [0.15, 0.2) is 47.4 Å². The van der Waals surface area contributed by atoms with Crippen LogP contribution in [-0.2, 0) is 11.8 Å². The van der Waals surface area contributed by atoms with E-state index < -0.39 is 0 Å². The fraction of sp³-hybridized carbons (Fsp3) is 0.455. The fourth-order valence-electron chi connectivity index (χ4n) is 4.41. The van der Waals surface area contributed by atoms with Crippen molar-refractivity contribution in [3.8, 4) is 5.82 Å². The Labute approximate surface area is 193 Å². The summed E-state index contributed by atoms with van der Waals surface area (Å²) in [6, 6.07) is 11.3. The van der Waals surface area contributed by atoms with Crippen LogP contribution >= 0.6 is 24.0 Å². The van der Waals surface area contributed by atoms with Crippen molar-refractivity contribution >= 4 is 24.0 Å². The molecule has 1 aliphatic rings. The van der Waals surface area contributed by atoms with E-state index in [9.17, 15) is 4.79 Å². The van der Waals surface area contributed by atoms with Gasteiger partial charge < -0.3 is 5.73 Å². The van der Waals surface area contributed by atoms with Crippen LogP contribution in [0.25, 0.3) is 5.82 Å². The molecule has 0 saturated heterocycles. The van der Waals surface area contributed by atoms with Crippen molar-refractivity contribution in [1.29, 1.82) is 0 Å². The van der Waals surface area contributed by atoms with Crippen LogP contribution in [0.4, 0.5) is 0 Å². The monoisotopic (exact) mass is 462 g/mol. The molecule has 2 aromatic heterocycles. The van der Waals surface area contributed by atoms with E-state index in [1.54, 1.807) is 21.5 Å². The molecule has 2 N–H and O–H groups in total. The van der Waals surface area contributed by atoms with Crippen molar-refractivity contribution in [3.63, 3.8) is 0 Å². The van der Waals surface area contributed by atoms with Crippen molar-refractivity contribution in [2.24, 2.45) is 5.73 Å². The number of nitrogens with zero attached hydrogens (tertiary/aromatic N) is 5. The topological polar surface area (TPSA) is 91.6 Å². The Hall–Kier alpha value is -2.22. The van der Waals surface area contributed by atoms with Gasteiger partial charge in [0.2, 0.25) is 0 Å². The van der Waals surface area contributed by atoms with Gasteiger partial charge in [-0.1, -0.05) is 42.3 Å². The Morgan fingerprint density at radius 3 is 2.68 bits per heavy atom. The summed E-state index contributed by atoms with van der Waals surface area (Å²) in [7, 11) is 0. The van der Waals surface area contributed by atoms with Crippen LogP contribution < -0.4 is 11.3 Å². The standard InChI is InChI=1S/C22H27ClN6O.ClH/c1-2-4-18-14-28(27-25-18)20-7-8-21(30)29(26-20)19-9-11-22(15-24,12-10-19)16-5-3-6-17(23)13-16;/h3,5-8,13-14,19H,2,4,9-12,15,24H2,1H3;1H/t19-,22+;. The molecule has 7 nitrogen and oxygen atoms in total. The molecule has 9 heteroatoms. The normalized spacial score (nSPS) is 20.9. The molecule has 0 atom stereocenters. The maximum Gasteiger partial charge on any atom is 0.267 e. The quantitative estimate of drug-likeness (QED) is 0.600. The number of hydrogen-bond acceptors (Lipinski definition) is 5. The number of rotatable bonds is 6. The van der Waals surface area contributed by atoms with Crippen molar-refractivity contribution in [1.82, 2.24) is 24.8 Å². The largest absolute Gasteiger partial charge is 0.330 e. The number of hydrogen-bond donors (Lipinski definition) is 1. The molecule has 0 radical (unpaired) electrons. The van der Waals surface area contributed by atoms with E-state index >= 15 is 0 Å². The zero-order chi connectivity index (χ0) is 21.1. The van der Waals surface area contributed by atoms with Crippen LogP contribution in [0.1, 0.15) is 56.3 Å². The van der Waals surface area contributed by atoms with Gasteiger partial charge in [-0.2, -0.15) is 0 Å². The highest BCUT2D eigenvalue weighted by Crippen LogP contribution is 2.42. The molecule has 0 unspecified atom stereocenters. The molecule has 1 saturated carbocycles. The summed E-state index contributed by atoms with van der Waals surface area (Å²) in [5, 5.41) is 13.7. The molecule has 2 heterocycles. The average molecular weight is 463 g/mol. The molecule has 0 aliphatic heterocycles. The van der Waals surface area contributed by atoms with E-state index in [0.717, 1.165) is 49.2 Å². The minimum absolute atomic E-state index is 0. The first-order chi connectivity index (χ1) is 14.5. The number of aryl methyl sites for hydroxylation is 1. The second kappa shape index (κ2) is 9.94. The van der Waals surface area contributed by atoms with Gasteiger partial charge in [0.05, 0.1) is 17.9 Å². The maximum atomic E-state index is 12.6. The van der Waals surface area contributed by atoms with E-state index in [4.69, 9.17) is 17.3 Å². The molecule has 1 fully saturated rings. The first-order valence-electron chi connectivity index (χ1n) is 10.5. The van der Waals surface area contributed by atoms with E-state index in [1.165, 1.54) is 5.56 Å². The van der Waals surface area contributed by atoms with E-state index in [1.807, 2.05) is 24.4 Å². The van der Waals surface area contributed by atoms with Gasteiger partial charge in [0.15, 0.2) is 5.82 Å². The average Bonchev–Trinajstić information content (AvgIpc) is 3.23. The van der Waals surface area contributed by atoms with Crippen molar-refractivity contribution in [2.45, 2.75) is 56.9 Å². The Kier molecular flexibility index (Phi) is 7.51. The second-order valence-corrected chi connectivity index (χ2v) is 8.54. The van der Waals surface area contributed by atoms with Gasteiger partial charge in [-0.25, -0.2) is 9.36 Å². The van der Waals surface area contributed by atoms with Crippen LogP contribution in [0, 0.1) is 0 Å². The van der Waals surface area contributed by atoms with Gasteiger partial charge in [-0.3, -0.25) is 4.79 Å². The molecule has 0 bridgehead atoms. The lowest BCUT2D eigenvalue weighted by Gasteiger charge is -2.40. The van der Waals surface area contributed by atoms with Gasteiger partial charge in [0.1, 0.15) is 0 Å². The van der Waals surface area contributed by atoms with Crippen molar-refractivity contribution in [2.75, 3.05) is 6.54 Å². The summed E-state index contributed by atoms with van der Waals surface area (Å²) in [5.41, 5.74) is 8.11. The minimum atomic E-state index is -0.108. The van der Waals surface area contributed by atoms with E-state index in [-0.39, 0.29) is 29.4 Å². The Morgan fingerprint density at radius 2 is 2.00 bits per heavy atom. The van der Waals surface area contributed by atoms with Gasteiger partial charge in [0, 0.05) is 23.0 Å². The first-order valence-corrected chi connectivity index (χ1v) is 10.9. The minimum Gasteiger partial charge on any atom is -0.330 e. The second-order valence-electron chi connectivity index (χ2n) is 8.10. The first kappa shape index (κ1) is 23.4. The number of halogens is 2. The number of benzene rings is 1. The predicted octanol–water partition coefficient (Wildman–Crippen LogP) is 3.86. The summed E-state index contributed by atoms with van der Waals surface area (Å²) in [6.45, 7) is 2.66. The van der Waals surface area contributed by atoms with Crippen LogP contribution in [-0.4, -0.2) is 31.3 Å². The van der Waals surface area contributed by atoms with Crippen LogP contribution in [0.3, 0.4) is 0 Å². The zero-order valence-corrected chi connectivity index (χ0v) is 19.1. The third kappa shape index (κ3) is 4.84. The lowest BCUT2D eigenvalue weighted by Crippen LogP contribution is -2.41. The van der Waals surface area contributed by atoms with Gasteiger partial charge in [-0.05, 0) is 55.9 Å². The fourth-order valence-corrected chi connectivity index (χ4v) is 4.60. The van der Waals surface area contributed by atoms with E-state index in [0.29, 0.717) is 12.4 Å². The van der Waals surface area contributed by atoms with Gasteiger partial charge in [-0.15, -0.1) is 22.6 Å². The third-order valence-corrected chi connectivity index (χ3v) is 6.41. The van der Waals surface area contributed by atoms with Crippen molar-refractivity contribution < 1.29 is 0 Å². The van der Waals surface area contributed by atoms with Gasteiger partial charge >= 0.3 is 0 Å². The molecule has 1 aromatic carbocycles. The number of aromatic nitrogens is 5. The summed E-state index contributed by atoms with van der Waals surface area (Å²) < 4.78 is 3.24. The smallest absolute Gasteiger partial charge is 0.267 e. The zero-order valence-electron chi connectivity index (χ0n) is 17.6. The highest BCUT2D eigenvalue weighted by molar-refractivity contribution is 6.30. The SMILES string of the molecule is CCCc1cn(-c2ccc(=O)n([C@H]3CC[C@@](CN)(c4cccc(Cl)c4)CC3)n2)nn1.Cl. The summed E-state index contributed by atoms with van der Waals surface area (Å²) in [6.07, 6.45) is 7.18.